The Bertz CT molecular complexity index is 1310. The summed E-state index contributed by atoms with van der Waals surface area (Å²) in [6.45, 7) is 8.04. The predicted molar refractivity (Wildman–Crippen MR) is 152 cm³/mol. The minimum absolute atomic E-state index is 0.0927. The number of nitrogens with one attached hydrogen (secondary N) is 2. The lowest BCUT2D eigenvalue weighted by molar-refractivity contribution is -0.140. The Kier molecular flexibility index (Phi) is 13.0. The van der Waals surface area contributed by atoms with Crippen molar-refractivity contribution in [2.24, 2.45) is 0 Å². The Balaban J connectivity index is 1.45. The molecular formula is C30H34N2O10. The number of hydrogen-bond donors (Lipinski definition) is 2. The summed E-state index contributed by atoms with van der Waals surface area (Å²) in [7, 11) is 0. The SMILES string of the molecule is C=CC(=O)OCCOCCNC(=O)Oc1ccc2cc3c(cc2c1)C(OC(=O)NCCOCCOC(=O)C=C)C=CC3. The molecule has 42 heavy (non-hydrogen) atoms. The zero-order valence-corrected chi connectivity index (χ0v) is 23.1. The van der Waals surface area contributed by atoms with E-state index >= 15 is 0 Å². The summed E-state index contributed by atoms with van der Waals surface area (Å²) >= 11 is 0. The summed E-state index contributed by atoms with van der Waals surface area (Å²) in [5.41, 5.74) is 1.85. The molecule has 0 saturated heterocycles. The van der Waals surface area contributed by atoms with Crippen LogP contribution in [-0.4, -0.2) is 76.9 Å². The van der Waals surface area contributed by atoms with Gasteiger partial charge in [-0.2, -0.15) is 0 Å². The molecule has 224 valence electrons. The Hall–Kier alpha value is -4.68. The summed E-state index contributed by atoms with van der Waals surface area (Å²) in [6.07, 6.45) is 4.75. The average Bonchev–Trinajstić information content (AvgIpc) is 2.99. The van der Waals surface area contributed by atoms with Gasteiger partial charge in [0, 0.05) is 30.8 Å². The van der Waals surface area contributed by atoms with E-state index in [1.165, 1.54) is 0 Å². The second-order valence-corrected chi connectivity index (χ2v) is 8.73. The Morgan fingerprint density at radius 2 is 1.43 bits per heavy atom. The number of amides is 2. The van der Waals surface area contributed by atoms with Gasteiger partial charge < -0.3 is 39.1 Å². The molecule has 0 bridgehead atoms. The van der Waals surface area contributed by atoms with E-state index in [-0.39, 0.29) is 52.7 Å². The molecule has 1 aliphatic rings. The number of fused-ring (bicyclic) bond motifs is 2. The third-order valence-electron chi connectivity index (χ3n) is 5.78. The fourth-order valence-electron chi connectivity index (χ4n) is 3.85. The molecule has 12 heteroatoms. The fraction of sp³-hybridized carbons (Fsp3) is 0.333. The molecule has 0 aromatic heterocycles. The zero-order chi connectivity index (χ0) is 30.2. The second-order valence-electron chi connectivity index (χ2n) is 8.73. The van der Waals surface area contributed by atoms with E-state index in [1.54, 1.807) is 12.1 Å². The number of hydrogen-bond acceptors (Lipinski definition) is 10. The first kappa shape index (κ1) is 31.8. The van der Waals surface area contributed by atoms with Crippen LogP contribution in [0.25, 0.3) is 10.8 Å². The smallest absolute Gasteiger partial charge is 0.412 e. The third-order valence-corrected chi connectivity index (χ3v) is 5.78. The Labute approximate surface area is 243 Å². The maximum Gasteiger partial charge on any atom is 0.412 e. The highest BCUT2D eigenvalue weighted by atomic mass is 16.6. The lowest BCUT2D eigenvalue weighted by Gasteiger charge is -2.22. The van der Waals surface area contributed by atoms with E-state index in [9.17, 15) is 19.2 Å². The molecular weight excluding hydrogens is 548 g/mol. The number of rotatable bonds is 16. The minimum atomic E-state index is -0.642. The number of alkyl carbamates (subject to hydrolysis) is 1. The van der Waals surface area contributed by atoms with E-state index in [1.807, 2.05) is 30.4 Å². The van der Waals surface area contributed by atoms with Crippen LogP contribution in [-0.2, 0) is 39.7 Å². The first-order valence-corrected chi connectivity index (χ1v) is 13.3. The van der Waals surface area contributed by atoms with Crippen LogP contribution in [0.5, 0.6) is 5.75 Å². The summed E-state index contributed by atoms with van der Waals surface area (Å²) in [5.74, 6) is -0.705. The summed E-state index contributed by atoms with van der Waals surface area (Å²) in [4.78, 5) is 46.5. The molecule has 1 atom stereocenters. The van der Waals surface area contributed by atoms with Crippen LogP contribution in [0.1, 0.15) is 17.2 Å². The van der Waals surface area contributed by atoms with E-state index in [0.29, 0.717) is 12.2 Å². The highest BCUT2D eigenvalue weighted by molar-refractivity contribution is 5.87. The molecule has 3 rings (SSSR count). The standard InChI is InChI=1S/C30H34N2O10/c1-3-27(33)39-16-14-37-12-10-31-29(35)41-24-9-8-21-18-22-6-5-7-26(25(22)20-23(21)19-24)42-30(36)32-11-13-38-15-17-40-28(34)4-2/h3-5,7-9,18-20,26H,1-2,6,10-17H2,(H,31,35)(H,32,36). The molecule has 12 nitrogen and oxygen atoms in total. The molecule has 0 heterocycles. The second kappa shape index (κ2) is 17.2. The maximum atomic E-state index is 12.4. The van der Waals surface area contributed by atoms with Crippen LogP contribution in [0, 0.1) is 0 Å². The quantitative estimate of drug-likeness (QED) is 0.0993. The van der Waals surface area contributed by atoms with E-state index in [4.69, 9.17) is 28.4 Å². The van der Waals surface area contributed by atoms with Crippen LogP contribution in [0.3, 0.4) is 0 Å². The van der Waals surface area contributed by atoms with E-state index in [0.717, 1.165) is 34.1 Å². The van der Waals surface area contributed by atoms with E-state index < -0.39 is 30.2 Å². The van der Waals surface area contributed by atoms with Gasteiger partial charge in [-0.05, 0) is 47.0 Å². The largest absolute Gasteiger partial charge is 0.460 e. The molecule has 0 saturated carbocycles. The van der Waals surface area contributed by atoms with Crippen LogP contribution in [0.15, 0.2) is 67.8 Å². The fourth-order valence-corrected chi connectivity index (χ4v) is 3.85. The summed E-state index contributed by atoms with van der Waals surface area (Å²) in [5, 5.41) is 6.98. The highest BCUT2D eigenvalue weighted by Crippen LogP contribution is 2.33. The van der Waals surface area contributed by atoms with Gasteiger partial charge in [0.1, 0.15) is 25.1 Å². The van der Waals surface area contributed by atoms with Gasteiger partial charge in [-0.3, -0.25) is 0 Å². The lowest BCUT2D eigenvalue weighted by Crippen LogP contribution is -2.30. The van der Waals surface area contributed by atoms with Gasteiger partial charge in [0.2, 0.25) is 0 Å². The van der Waals surface area contributed by atoms with Gasteiger partial charge in [-0.25, -0.2) is 19.2 Å². The zero-order valence-electron chi connectivity index (χ0n) is 23.1. The van der Waals surface area contributed by atoms with Gasteiger partial charge in [0.05, 0.1) is 26.4 Å². The van der Waals surface area contributed by atoms with Crippen molar-refractivity contribution < 1.29 is 47.6 Å². The summed E-state index contributed by atoms with van der Waals surface area (Å²) < 4.78 is 31.2. The topological polar surface area (TPSA) is 148 Å². The predicted octanol–water partition coefficient (Wildman–Crippen LogP) is 3.30. The average molecular weight is 583 g/mol. The van der Waals surface area contributed by atoms with Crippen molar-refractivity contribution in [1.29, 1.82) is 0 Å². The van der Waals surface area contributed by atoms with Crippen LogP contribution < -0.4 is 15.4 Å². The number of benzene rings is 2. The molecule has 1 unspecified atom stereocenters. The van der Waals surface area contributed by atoms with Gasteiger partial charge in [0.25, 0.3) is 0 Å². The van der Waals surface area contributed by atoms with Crippen molar-refractivity contribution >= 4 is 34.9 Å². The number of ether oxygens (including phenoxy) is 6. The molecule has 0 spiro atoms. The van der Waals surface area contributed by atoms with Gasteiger partial charge in [-0.15, -0.1) is 0 Å². The molecule has 0 fully saturated rings. The Morgan fingerprint density at radius 1 is 0.786 bits per heavy atom. The monoisotopic (exact) mass is 582 g/mol. The molecule has 2 amide bonds. The number of carbonyl (C=O) groups excluding carboxylic acids is 4. The summed E-state index contributed by atoms with van der Waals surface area (Å²) in [6, 6.07) is 9.22. The van der Waals surface area contributed by atoms with Crippen LogP contribution in [0.2, 0.25) is 0 Å². The van der Waals surface area contributed by atoms with Gasteiger partial charge >= 0.3 is 24.1 Å². The van der Waals surface area contributed by atoms with Gasteiger partial charge in [0.15, 0.2) is 0 Å². The van der Waals surface area contributed by atoms with Gasteiger partial charge in [-0.1, -0.05) is 31.4 Å². The number of allylic oxidation sites excluding steroid dienone is 1. The van der Waals surface area contributed by atoms with Crippen molar-refractivity contribution in [3.63, 3.8) is 0 Å². The Morgan fingerprint density at radius 3 is 2.07 bits per heavy atom. The van der Waals surface area contributed by atoms with Crippen molar-refractivity contribution in [3.05, 3.63) is 78.9 Å². The van der Waals surface area contributed by atoms with Crippen LogP contribution >= 0.6 is 0 Å². The number of esters is 2. The number of carbonyl (C=O) groups is 4. The molecule has 2 N–H and O–H groups in total. The minimum Gasteiger partial charge on any atom is -0.460 e. The molecule has 2 aromatic carbocycles. The van der Waals surface area contributed by atoms with Crippen LogP contribution in [0.4, 0.5) is 9.59 Å². The molecule has 2 aromatic rings. The van der Waals surface area contributed by atoms with Crippen molar-refractivity contribution in [1.82, 2.24) is 10.6 Å². The van der Waals surface area contributed by atoms with Crippen molar-refractivity contribution in [2.45, 2.75) is 12.5 Å². The van der Waals surface area contributed by atoms with E-state index in [2.05, 4.69) is 23.8 Å². The molecule has 0 radical (unpaired) electrons. The third kappa shape index (κ3) is 10.7. The first-order chi connectivity index (χ1) is 20.4. The first-order valence-electron chi connectivity index (χ1n) is 13.3. The van der Waals surface area contributed by atoms with Crippen molar-refractivity contribution in [2.75, 3.05) is 52.7 Å². The maximum absolute atomic E-state index is 12.4. The normalized spacial score (nSPS) is 13.4. The van der Waals surface area contributed by atoms with Crippen molar-refractivity contribution in [3.8, 4) is 5.75 Å². The molecule has 1 aliphatic carbocycles. The lowest BCUT2D eigenvalue weighted by atomic mass is 9.91. The molecule has 0 aliphatic heterocycles. The highest BCUT2D eigenvalue weighted by Gasteiger charge is 2.21.